The van der Waals surface area contributed by atoms with E-state index in [9.17, 15) is 9.90 Å². The second-order valence-electron chi connectivity index (χ2n) is 15.4. The number of ketones is 1. The summed E-state index contributed by atoms with van der Waals surface area (Å²) in [6.07, 6.45) is 4.26. The van der Waals surface area contributed by atoms with Gasteiger partial charge < -0.3 is 24.1 Å². The van der Waals surface area contributed by atoms with Crippen LogP contribution in [0.2, 0.25) is 0 Å². The highest BCUT2D eigenvalue weighted by Crippen LogP contribution is 2.69. The first-order valence-electron chi connectivity index (χ1n) is 18.4. The Kier molecular flexibility index (Phi) is 7.57. The molecule has 52 heavy (non-hydrogen) atoms. The monoisotopic (exact) mass is 692 g/mol. The molecule has 5 aliphatic rings. The average molecular weight is 693 g/mol. The third-order valence-corrected chi connectivity index (χ3v) is 12.4. The van der Waals surface area contributed by atoms with Crippen LogP contribution in [0.1, 0.15) is 55.9 Å². The van der Waals surface area contributed by atoms with E-state index in [1.807, 2.05) is 105 Å². The Morgan fingerprint density at radius 3 is 1.90 bits per heavy atom. The number of rotatable bonds is 8. The molecule has 3 unspecified atom stereocenters. The largest absolute Gasteiger partial charge is 0.377 e. The van der Waals surface area contributed by atoms with E-state index in [1.54, 1.807) is 0 Å². The lowest BCUT2D eigenvalue weighted by atomic mass is 9.56. The summed E-state index contributed by atoms with van der Waals surface area (Å²) >= 11 is 0. The smallest absolute Gasteiger partial charge is 0.314 e. The number of fused-ring (bicyclic) bond motifs is 2. The third kappa shape index (κ3) is 4.45. The van der Waals surface area contributed by atoms with Crippen LogP contribution in [0.3, 0.4) is 0 Å². The molecule has 6 heteroatoms. The zero-order valence-corrected chi connectivity index (χ0v) is 29.8. The number of hydrogen-bond acceptors (Lipinski definition) is 6. The number of carbonyl (C=O) groups is 1. The zero-order valence-electron chi connectivity index (χ0n) is 29.8. The van der Waals surface area contributed by atoms with Gasteiger partial charge in [0.15, 0.2) is 11.4 Å². The first-order valence-corrected chi connectivity index (χ1v) is 18.4. The predicted molar refractivity (Wildman–Crippen MR) is 198 cm³/mol. The molecule has 3 aliphatic carbocycles. The molecular weight excluding hydrogens is 649 g/mol. The number of benzene rings is 4. The van der Waals surface area contributed by atoms with Crippen LogP contribution >= 0.6 is 0 Å². The molecule has 3 fully saturated rings. The molecule has 0 amide bonds. The normalized spacial score (nSPS) is 34.6. The molecule has 6 nitrogen and oxygen atoms in total. The Hall–Kier alpha value is -4.43. The second kappa shape index (κ2) is 11.8. The van der Waals surface area contributed by atoms with Crippen molar-refractivity contribution in [1.29, 1.82) is 0 Å². The molecule has 2 aliphatic heterocycles. The van der Waals surface area contributed by atoms with Crippen LogP contribution in [0, 0.1) is 17.8 Å². The second-order valence-corrected chi connectivity index (χ2v) is 15.4. The van der Waals surface area contributed by atoms with Gasteiger partial charge in [-0.05, 0) is 52.7 Å². The summed E-state index contributed by atoms with van der Waals surface area (Å²) in [5.41, 5.74) is 1.15. The van der Waals surface area contributed by atoms with Gasteiger partial charge in [-0.3, -0.25) is 4.79 Å². The van der Waals surface area contributed by atoms with Crippen molar-refractivity contribution >= 4 is 5.78 Å². The molecule has 264 valence electrons. The number of carbonyl (C=O) groups excluding carboxylic acids is 1. The fourth-order valence-corrected chi connectivity index (χ4v) is 10.1. The van der Waals surface area contributed by atoms with Crippen molar-refractivity contribution in [2.45, 2.75) is 68.1 Å². The van der Waals surface area contributed by atoms with Crippen molar-refractivity contribution in [3.8, 4) is 0 Å². The summed E-state index contributed by atoms with van der Waals surface area (Å²) in [6, 6.07) is 40.4. The number of ether oxygens (including phenoxy) is 4. The highest BCUT2D eigenvalue weighted by molar-refractivity contribution is 5.98. The predicted octanol–water partition coefficient (Wildman–Crippen LogP) is 8.17. The minimum Gasteiger partial charge on any atom is -0.377 e. The first-order chi connectivity index (χ1) is 25.1. The lowest BCUT2D eigenvalue weighted by molar-refractivity contribution is -0.417. The Morgan fingerprint density at radius 1 is 0.827 bits per heavy atom. The topological polar surface area (TPSA) is 74.2 Å². The van der Waals surface area contributed by atoms with E-state index in [2.05, 4.69) is 56.0 Å². The van der Waals surface area contributed by atoms with Crippen molar-refractivity contribution in [3.05, 3.63) is 179 Å². The maximum absolute atomic E-state index is 14.3. The molecule has 2 saturated heterocycles. The quantitative estimate of drug-likeness (QED) is 0.148. The summed E-state index contributed by atoms with van der Waals surface area (Å²) in [6.45, 7) is 10.6. The molecule has 0 spiro atoms. The van der Waals surface area contributed by atoms with Gasteiger partial charge in [-0.25, -0.2) is 0 Å². The zero-order chi connectivity index (χ0) is 35.9. The lowest BCUT2D eigenvalue weighted by Crippen LogP contribution is -2.67. The van der Waals surface area contributed by atoms with Gasteiger partial charge in [-0.2, -0.15) is 0 Å². The SMILES string of the molecule is C=C(C)[C@]12C[C@@H](C)[C@@]34OC(c5ccccc5)(O[C@@H]1C3C=C(COC(c1ccccc1)(c1ccccc1)c1ccccc1)C[C@]1(O)C(=O)C(C)C=C14)O2. The summed E-state index contributed by atoms with van der Waals surface area (Å²) in [7, 11) is 0. The Bertz CT molecular complexity index is 2000. The van der Waals surface area contributed by atoms with Gasteiger partial charge in [0.25, 0.3) is 0 Å². The van der Waals surface area contributed by atoms with Gasteiger partial charge in [0.1, 0.15) is 22.9 Å². The van der Waals surface area contributed by atoms with E-state index in [1.165, 1.54) is 0 Å². The highest BCUT2D eigenvalue weighted by Gasteiger charge is 2.78. The van der Waals surface area contributed by atoms with Crippen LogP contribution in [-0.2, 0) is 35.3 Å². The van der Waals surface area contributed by atoms with Crippen LogP contribution in [0.15, 0.2) is 157 Å². The van der Waals surface area contributed by atoms with Gasteiger partial charge in [-0.15, -0.1) is 0 Å². The van der Waals surface area contributed by atoms with Gasteiger partial charge in [0.2, 0.25) is 0 Å². The van der Waals surface area contributed by atoms with Crippen molar-refractivity contribution in [1.82, 2.24) is 0 Å². The first kappa shape index (κ1) is 33.4. The number of hydrogen-bond donors (Lipinski definition) is 1. The van der Waals surface area contributed by atoms with E-state index in [0.29, 0.717) is 12.0 Å². The van der Waals surface area contributed by atoms with Crippen molar-refractivity contribution in [2.75, 3.05) is 6.61 Å². The molecule has 1 N–H and O–H groups in total. The molecule has 4 aromatic rings. The summed E-state index contributed by atoms with van der Waals surface area (Å²) in [5.74, 6) is -2.84. The lowest BCUT2D eigenvalue weighted by Gasteiger charge is -2.57. The highest BCUT2D eigenvalue weighted by atomic mass is 16.9. The van der Waals surface area contributed by atoms with Crippen molar-refractivity contribution in [3.63, 3.8) is 0 Å². The minimum atomic E-state index is -1.80. The van der Waals surface area contributed by atoms with Gasteiger partial charge in [-0.1, -0.05) is 154 Å². The van der Waals surface area contributed by atoms with E-state index in [0.717, 1.165) is 33.4 Å². The molecule has 9 rings (SSSR count). The van der Waals surface area contributed by atoms with E-state index in [-0.39, 0.29) is 24.7 Å². The number of aliphatic hydroxyl groups is 1. The Morgan fingerprint density at radius 2 is 1.37 bits per heavy atom. The number of allylic oxidation sites excluding steroid dienone is 1. The summed E-state index contributed by atoms with van der Waals surface area (Å²) < 4.78 is 28.7. The molecular formula is C46H44O6. The van der Waals surface area contributed by atoms with Crippen LogP contribution in [0.25, 0.3) is 0 Å². The standard InChI is InChI=1S/C46H44O6/c1-30(2)43-27-32(4)44-38(41(43)50-46(51-43,52-44)37-23-15-8-16-24-37)26-33(28-42(48)39(44)25-31(3)40(42)47)29-49-45(34-17-9-5-10-18-34,35-19-11-6-12-20-35)36-21-13-7-14-22-36/h5-26,31-32,38,41,48H,1,27-29H2,2-4H3/t31?,32-,38?,41-,42-,43-,44-,46?/m1/s1. The Balaban J connectivity index is 1.23. The van der Waals surface area contributed by atoms with Crippen LogP contribution in [0.5, 0.6) is 0 Å². The third-order valence-electron chi connectivity index (χ3n) is 12.4. The van der Waals surface area contributed by atoms with Crippen molar-refractivity contribution < 1.29 is 28.8 Å². The van der Waals surface area contributed by atoms with Gasteiger partial charge in [0, 0.05) is 23.8 Å². The average Bonchev–Trinajstić information content (AvgIpc) is 3.49. The fourth-order valence-electron chi connectivity index (χ4n) is 10.1. The van der Waals surface area contributed by atoms with Crippen LogP contribution < -0.4 is 0 Å². The molecule has 8 atom stereocenters. The molecule has 3 bridgehead atoms. The molecule has 0 aromatic heterocycles. The minimum absolute atomic E-state index is 0.0801. The molecule has 2 heterocycles. The van der Waals surface area contributed by atoms with E-state index in [4.69, 9.17) is 18.9 Å². The molecule has 0 radical (unpaired) electrons. The van der Waals surface area contributed by atoms with Crippen LogP contribution in [-0.4, -0.2) is 40.4 Å². The van der Waals surface area contributed by atoms with Gasteiger partial charge >= 0.3 is 5.97 Å². The van der Waals surface area contributed by atoms with E-state index < -0.39 is 46.3 Å². The Labute approximate surface area is 305 Å². The maximum atomic E-state index is 14.3. The molecule has 4 aromatic carbocycles. The summed E-state index contributed by atoms with van der Waals surface area (Å²) in [5, 5.41) is 12.9. The van der Waals surface area contributed by atoms with Crippen molar-refractivity contribution in [2.24, 2.45) is 17.8 Å². The number of Topliss-reactive ketones (excluding diaryl/α,β-unsaturated/α-hetero) is 1. The van der Waals surface area contributed by atoms with Gasteiger partial charge in [0.05, 0.1) is 6.61 Å². The van der Waals surface area contributed by atoms with Crippen LogP contribution in [0.4, 0.5) is 0 Å². The summed E-state index contributed by atoms with van der Waals surface area (Å²) in [4.78, 5) is 14.3. The maximum Gasteiger partial charge on any atom is 0.314 e. The molecule has 1 saturated carbocycles. The van der Waals surface area contributed by atoms with E-state index >= 15 is 0 Å². The fraction of sp³-hybridized carbons (Fsp3) is 0.326.